The molecule has 0 aromatic heterocycles. The fourth-order valence-corrected chi connectivity index (χ4v) is 4.06. The minimum Gasteiger partial charge on any atom is -0.496 e. The normalized spacial score (nSPS) is 15.4. The lowest BCUT2D eigenvalue weighted by molar-refractivity contribution is 0.0974. The fourth-order valence-electron chi connectivity index (χ4n) is 3.57. The number of rotatable bonds is 5. The molecular formula is C23H20FIN2O3. The third-order valence-corrected chi connectivity index (χ3v) is 5.55. The van der Waals surface area contributed by atoms with Crippen LogP contribution in [0.5, 0.6) is 11.5 Å². The highest BCUT2D eigenvalue weighted by atomic mass is 127. The summed E-state index contributed by atoms with van der Waals surface area (Å²) in [5, 5.41) is 3.43. The number of methoxy groups -OCH3 is 1. The van der Waals surface area contributed by atoms with E-state index in [0.717, 1.165) is 3.57 Å². The molecule has 0 saturated heterocycles. The number of amides is 1. The van der Waals surface area contributed by atoms with Gasteiger partial charge in [-0.15, -0.1) is 0 Å². The quantitative estimate of drug-likeness (QED) is 0.447. The smallest absolute Gasteiger partial charge is 0.262 e. The molecule has 30 heavy (non-hydrogen) atoms. The van der Waals surface area contributed by atoms with E-state index >= 15 is 0 Å². The van der Waals surface area contributed by atoms with Crippen LogP contribution in [-0.4, -0.2) is 19.6 Å². The number of carbonyl (C=O) groups excluding carboxylic acids is 1. The fraction of sp³-hybridized carbons (Fsp3) is 0.174. The first-order chi connectivity index (χ1) is 14.5. The first-order valence-corrected chi connectivity index (χ1v) is 10.6. The Hall–Kier alpha value is -2.81. The predicted octanol–water partition coefficient (Wildman–Crippen LogP) is 5.61. The van der Waals surface area contributed by atoms with Gasteiger partial charge in [0, 0.05) is 20.5 Å². The molecule has 3 aromatic carbocycles. The summed E-state index contributed by atoms with van der Waals surface area (Å²) in [7, 11) is 1.58. The molecule has 3 aromatic rings. The van der Waals surface area contributed by atoms with Gasteiger partial charge in [-0.25, -0.2) is 4.39 Å². The van der Waals surface area contributed by atoms with Crippen LogP contribution in [0, 0.1) is 9.39 Å². The average Bonchev–Trinajstić information content (AvgIpc) is 2.74. The van der Waals surface area contributed by atoms with E-state index in [4.69, 9.17) is 9.47 Å². The lowest BCUT2D eigenvalue weighted by Gasteiger charge is -2.38. The molecule has 1 aliphatic heterocycles. The monoisotopic (exact) mass is 518 g/mol. The highest BCUT2D eigenvalue weighted by Gasteiger charge is 2.36. The predicted molar refractivity (Wildman–Crippen MR) is 123 cm³/mol. The third kappa shape index (κ3) is 3.81. The Labute approximate surface area is 187 Å². The Morgan fingerprint density at radius 3 is 2.70 bits per heavy atom. The number of fused-ring (bicyclic) bond motifs is 1. The standard InChI is InChI=1S/C23H20FIN2O3/c1-3-30-17-8-10-21(29-2)19(13-17)22-26-20-9-7-15(25)12-18(20)23(28)27(22)16-6-4-5-14(24)11-16/h4-13,22,26H,3H2,1-2H3/t22-/m1/s1. The summed E-state index contributed by atoms with van der Waals surface area (Å²) in [6.45, 7) is 2.42. The van der Waals surface area contributed by atoms with Crippen molar-refractivity contribution in [1.29, 1.82) is 0 Å². The third-order valence-electron chi connectivity index (χ3n) is 4.87. The van der Waals surface area contributed by atoms with Crippen LogP contribution in [0.4, 0.5) is 15.8 Å². The van der Waals surface area contributed by atoms with Crippen molar-refractivity contribution in [3.63, 3.8) is 0 Å². The second kappa shape index (κ2) is 8.51. The van der Waals surface area contributed by atoms with Crippen molar-refractivity contribution in [1.82, 2.24) is 0 Å². The van der Waals surface area contributed by atoms with Gasteiger partial charge >= 0.3 is 0 Å². The van der Waals surface area contributed by atoms with Crippen LogP contribution in [-0.2, 0) is 0 Å². The zero-order chi connectivity index (χ0) is 21.3. The van der Waals surface area contributed by atoms with E-state index in [1.54, 1.807) is 30.2 Å². The second-order valence-electron chi connectivity index (χ2n) is 6.73. The summed E-state index contributed by atoms with van der Waals surface area (Å²) in [5.74, 6) is 0.624. The van der Waals surface area contributed by atoms with Crippen molar-refractivity contribution >= 4 is 39.9 Å². The average molecular weight is 518 g/mol. The van der Waals surface area contributed by atoms with Crippen molar-refractivity contribution in [2.24, 2.45) is 0 Å². The van der Waals surface area contributed by atoms with Crippen LogP contribution in [0.25, 0.3) is 0 Å². The minimum absolute atomic E-state index is 0.221. The molecule has 7 heteroatoms. The lowest BCUT2D eigenvalue weighted by Crippen LogP contribution is -2.43. The first kappa shape index (κ1) is 20.5. The summed E-state index contributed by atoms with van der Waals surface area (Å²) in [6, 6.07) is 17.1. The highest BCUT2D eigenvalue weighted by molar-refractivity contribution is 14.1. The Morgan fingerprint density at radius 2 is 1.97 bits per heavy atom. The second-order valence-corrected chi connectivity index (χ2v) is 7.97. The van der Waals surface area contributed by atoms with Crippen molar-refractivity contribution in [3.05, 3.63) is 81.2 Å². The first-order valence-electron chi connectivity index (χ1n) is 9.47. The Kier molecular flexibility index (Phi) is 5.80. The zero-order valence-corrected chi connectivity index (χ0v) is 18.6. The van der Waals surface area contributed by atoms with Gasteiger partial charge in [-0.1, -0.05) is 6.07 Å². The number of hydrogen-bond donors (Lipinski definition) is 1. The number of hydrogen-bond acceptors (Lipinski definition) is 4. The molecule has 0 unspecified atom stereocenters. The van der Waals surface area contributed by atoms with Crippen LogP contribution in [0.3, 0.4) is 0 Å². The highest BCUT2D eigenvalue weighted by Crippen LogP contribution is 2.41. The van der Waals surface area contributed by atoms with Crippen LogP contribution in [0.15, 0.2) is 60.7 Å². The summed E-state index contributed by atoms with van der Waals surface area (Å²) in [6.07, 6.45) is -0.609. The van der Waals surface area contributed by atoms with Gasteiger partial charge in [0.25, 0.3) is 5.91 Å². The maximum Gasteiger partial charge on any atom is 0.262 e. The van der Waals surface area contributed by atoms with Crippen LogP contribution < -0.4 is 19.7 Å². The Balaban J connectivity index is 1.91. The van der Waals surface area contributed by atoms with Gasteiger partial charge in [0.1, 0.15) is 23.5 Å². The molecule has 0 radical (unpaired) electrons. The summed E-state index contributed by atoms with van der Waals surface area (Å²) >= 11 is 2.17. The van der Waals surface area contributed by atoms with E-state index in [2.05, 4.69) is 27.9 Å². The Bertz CT molecular complexity index is 1110. The molecule has 0 aliphatic carbocycles. The molecule has 0 fully saturated rings. The van der Waals surface area contributed by atoms with E-state index in [1.807, 2.05) is 37.3 Å². The molecule has 1 heterocycles. The minimum atomic E-state index is -0.609. The van der Waals surface area contributed by atoms with E-state index in [1.165, 1.54) is 12.1 Å². The van der Waals surface area contributed by atoms with Gasteiger partial charge in [-0.05, 0) is 84.1 Å². The summed E-state index contributed by atoms with van der Waals surface area (Å²) in [5.41, 5.74) is 2.40. The number of nitrogens with zero attached hydrogens (tertiary/aromatic N) is 1. The van der Waals surface area contributed by atoms with Crippen molar-refractivity contribution in [3.8, 4) is 11.5 Å². The molecule has 4 rings (SSSR count). The van der Waals surface area contributed by atoms with Crippen molar-refractivity contribution in [2.45, 2.75) is 13.1 Å². The van der Waals surface area contributed by atoms with Gasteiger partial charge < -0.3 is 14.8 Å². The van der Waals surface area contributed by atoms with Crippen LogP contribution in [0.1, 0.15) is 29.0 Å². The van der Waals surface area contributed by atoms with Crippen LogP contribution in [0.2, 0.25) is 0 Å². The molecule has 5 nitrogen and oxygen atoms in total. The molecule has 154 valence electrons. The van der Waals surface area contributed by atoms with E-state index in [0.29, 0.717) is 40.6 Å². The molecule has 1 aliphatic rings. The van der Waals surface area contributed by atoms with Crippen molar-refractivity contribution in [2.75, 3.05) is 23.9 Å². The lowest BCUT2D eigenvalue weighted by atomic mass is 10.0. The molecular weight excluding hydrogens is 498 g/mol. The summed E-state index contributed by atoms with van der Waals surface area (Å²) < 4.78 is 26.2. The van der Waals surface area contributed by atoms with Gasteiger partial charge in [0.2, 0.25) is 0 Å². The van der Waals surface area contributed by atoms with Gasteiger partial charge in [0.05, 0.1) is 19.3 Å². The number of ether oxygens (including phenoxy) is 2. The maximum atomic E-state index is 14.0. The van der Waals surface area contributed by atoms with Crippen LogP contribution >= 0.6 is 22.6 Å². The number of carbonyl (C=O) groups is 1. The molecule has 0 saturated carbocycles. The molecule has 1 atom stereocenters. The number of halogens is 2. The molecule has 0 spiro atoms. The molecule has 1 N–H and O–H groups in total. The molecule has 0 bridgehead atoms. The SMILES string of the molecule is CCOc1ccc(OC)c([C@@H]2Nc3ccc(I)cc3C(=O)N2c2cccc(F)c2)c1. The van der Waals surface area contributed by atoms with Gasteiger partial charge in [-0.2, -0.15) is 0 Å². The van der Waals surface area contributed by atoms with E-state index < -0.39 is 12.0 Å². The number of nitrogens with one attached hydrogen (secondary N) is 1. The van der Waals surface area contributed by atoms with E-state index in [9.17, 15) is 9.18 Å². The number of benzene rings is 3. The zero-order valence-electron chi connectivity index (χ0n) is 16.5. The molecule has 1 amide bonds. The Morgan fingerprint density at radius 1 is 1.13 bits per heavy atom. The van der Waals surface area contributed by atoms with Crippen molar-refractivity contribution < 1.29 is 18.7 Å². The number of anilines is 2. The maximum absolute atomic E-state index is 14.0. The topological polar surface area (TPSA) is 50.8 Å². The van der Waals surface area contributed by atoms with E-state index in [-0.39, 0.29) is 5.91 Å². The van der Waals surface area contributed by atoms with Gasteiger partial charge in [0.15, 0.2) is 0 Å². The van der Waals surface area contributed by atoms with Gasteiger partial charge in [-0.3, -0.25) is 9.69 Å². The largest absolute Gasteiger partial charge is 0.496 e. The summed E-state index contributed by atoms with van der Waals surface area (Å²) in [4.78, 5) is 15.1.